The van der Waals surface area contributed by atoms with Crippen LogP contribution in [0.2, 0.25) is 0 Å². The van der Waals surface area contributed by atoms with E-state index in [0.29, 0.717) is 0 Å². The van der Waals surface area contributed by atoms with Gasteiger partial charge in [-0.1, -0.05) is 25.0 Å². The monoisotopic (exact) mass is 325 g/mol. The minimum absolute atomic E-state index is 0.180. The highest BCUT2D eigenvalue weighted by atomic mass is 15.3. The molecule has 1 aromatic heterocycles. The van der Waals surface area contributed by atoms with Gasteiger partial charge in [0, 0.05) is 25.5 Å². The summed E-state index contributed by atoms with van der Waals surface area (Å²) in [4.78, 5) is 4.71. The Morgan fingerprint density at radius 1 is 1.38 bits per heavy atom. The van der Waals surface area contributed by atoms with Crippen LogP contribution in [0.15, 0.2) is 47.7 Å². The summed E-state index contributed by atoms with van der Waals surface area (Å²) in [5, 5.41) is 11.2. The predicted molar refractivity (Wildman–Crippen MR) is 98.4 cm³/mol. The first-order valence-corrected chi connectivity index (χ1v) is 8.91. The lowest BCUT2D eigenvalue weighted by Gasteiger charge is -2.19. The van der Waals surface area contributed by atoms with E-state index in [4.69, 9.17) is 4.99 Å². The zero-order valence-electron chi connectivity index (χ0n) is 14.6. The molecule has 0 bridgehead atoms. The maximum Gasteiger partial charge on any atom is 0.191 e. The van der Waals surface area contributed by atoms with Crippen molar-refractivity contribution in [2.24, 2.45) is 10.9 Å². The number of nitrogens with zero attached hydrogens (tertiary/aromatic N) is 3. The summed E-state index contributed by atoms with van der Waals surface area (Å²) in [7, 11) is 0. The van der Waals surface area contributed by atoms with Crippen LogP contribution < -0.4 is 10.6 Å². The van der Waals surface area contributed by atoms with Crippen LogP contribution in [0.5, 0.6) is 0 Å². The summed E-state index contributed by atoms with van der Waals surface area (Å²) in [6, 6.07) is 10.6. The Kier molecular flexibility index (Phi) is 5.51. The number of aliphatic imine (C=N–C) groups is 1. The second kappa shape index (κ2) is 7.99. The first kappa shape index (κ1) is 16.6. The van der Waals surface area contributed by atoms with Gasteiger partial charge in [0.2, 0.25) is 0 Å². The number of benzene rings is 1. The Bertz CT molecular complexity index is 658. The highest BCUT2D eigenvalue weighted by molar-refractivity contribution is 5.80. The van der Waals surface area contributed by atoms with Gasteiger partial charge in [0.05, 0.1) is 11.7 Å². The maximum atomic E-state index is 4.71. The molecular weight excluding hydrogens is 298 g/mol. The number of hydrogen-bond acceptors (Lipinski definition) is 2. The van der Waals surface area contributed by atoms with Gasteiger partial charge in [-0.3, -0.25) is 4.99 Å². The van der Waals surface area contributed by atoms with Crippen molar-refractivity contribution in [1.82, 2.24) is 20.4 Å². The van der Waals surface area contributed by atoms with Gasteiger partial charge in [0.15, 0.2) is 5.96 Å². The molecule has 0 saturated heterocycles. The second-order valence-corrected chi connectivity index (χ2v) is 6.40. The molecule has 1 heterocycles. The Hall–Kier alpha value is -2.30. The maximum absolute atomic E-state index is 4.71. The van der Waals surface area contributed by atoms with Crippen LogP contribution in [0, 0.1) is 5.92 Å². The zero-order chi connectivity index (χ0) is 16.8. The number of aromatic nitrogens is 2. The van der Waals surface area contributed by atoms with Crippen molar-refractivity contribution in [2.75, 3.05) is 13.1 Å². The molecule has 5 nitrogen and oxygen atoms in total. The number of hydrogen-bond donors (Lipinski definition) is 2. The largest absolute Gasteiger partial charge is 0.357 e. The molecule has 1 saturated carbocycles. The van der Waals surface area contributed by atoms with E-state index in [1.165, 1.54) is 24.8 Å². The smallest absolute Gasteiger partial charge is 0.191 e. The lowest BCUT2D eigenvalue weighted by atomic mass is 10.1. The van der Waals surface area contributed by atoms with Crippen LogP contribution in [0.1, 0.15) is 44.7 Å². The Balaban J connectivity index is 1.65. The molecule has 3 rings (SSSR count). The molecular formula is C19H27N5. The fraction of sp³-hybridized carbons (Fsp3) is 0.474. The highest BCUT2D eigenvalue weighted by Crippen LogP contribution is 2.32. The van der Waals surface area contributed by atoms with Crippen LogP contribution in [0.25, 0.3) is 5.69 Å². The van der Waals surface area contributed by atoms with Crippen molar-refractivity contribution in [3.63, 3.8) is 0 Å². The molecule has 1 fully saturated rings. The van der Waals surface area contributed by atoms with E-state index in [2.05, 4.69) is 53.8 Å². The Morgan fingerprint density at radius 2 is 2.25 bits per heavy atom. The number of rotatable bonds is 7. The van der Waals surface area contributed by atoms with Gasteiger partial charge in [-0.25, -0.2) is 4.68 Å². The molecule has 2 aromatic rings. The third-order valence-electron chi connectivity index (χ3n) is 4.34. The van der Waals surface area contributed by atoms with E-state index in [-0.39, 0.29) is 6.04 Å². The zero-order valence-corrected chi connectivity index (χ0v) is 14.6. The van der Waals surface area contributed by atoms with Crippen molar-refractivity contribution in [3.8, 4) is 5.69 Å². The first-order valence-electron chi connectivity index (χ1n) is 8.91. The standard InChI is InChI=1S/C19H27N5/c1-3-20-19(21-12-10-16-8-9-16)23-15(2)17-6-4-7-18(14-17)24-13-5-11-22-24/h4-7,11,13-16H,3,8-10,12H2,1-2H3,(H2,20,21,23). The molecule has 1 atom stereocenters. The average molecular weight is 325 g/mol. The van der Waals surface area contributed by atoms with E-state index < -0.39 is 0 Å². The molecule has 128 valence electrons. The molecule has 2 N–H and O–H groups in total. The van der Waals surface area contributed by atoms with E-state index in [1.54, 1.807) is 6.20 Å². The molecule has 1 unspecified atom stereocenters. The van der Waals surface area contributed by atoms with Crippen LogP contribution in [0.3, 0.4) is 0 Å². The third-order valence-corrected chi connectivity index (χ3v) is 4.34. The summed E-state index contributed by atoms with van der Waals surface area (Å²) >= 11 is 0. The van der Waals surface area contributed by atoms with Gasteiger partial charge in [-0.15, -0.1) is 0 Å². The van der Waals surface area contributed by atoms with Gasteiger partial charge in [-0.05, 0) is 49.9 Å². The topological polar surface area (TPSA) is 54.2 Å². The van der Waals surface area contributed by atoms with Crippen molar-refractivity contribution in [1.29, 1.82) is 0 Å². The minimum atomic E-state index is 0.180. The molecule has 1 aliphatic carbocycles. The molecule has 1 aromatic carbocycles. The quantitative estimate of drug-likeness (QED) is 0.607. The van der Waals surface area contributed by atoms with Gasteiger partial charge in [-0.2, -0.15) is 5.10 Å². The minimum Gasteiger partial charge on any atom is -0.357 e. The second-order valence-electron chi connectivity index (χ2n) is 6.40. The molecule has 0 aliphatic heterocycles. The normalized spacial score (nSPS) is 16.0. The molecule has 0 spiro atoms. The molecule has 0 radical (unpaired) electrons. The van der Waals surface area contributed by atoms with E-state index in [0.717, 1.165) is 30.7 Å². The third kappa shape index (κ3) is 4.60. The summed E-state index contributed by atoms with van der Waals surface area (Å²) in [6.07, 6.45) is 7.73. The summed E-state index contributed by atoms with van der Waals surface area (Å²) < 4.78 is 1.88. The van der Waals surface area contributed by atoms with Crippen molar-refractivity contribution in [2.45, 2.75) is 39.2 Å². The predicted octanol–water partition coefficient (Wildman–Crippen LogP) is 3.29. The van der Waals surface area contributed by atoms with Crippen LogP contribution >= 0.6 is 0 Å². The fourth-order valence-corrected chi connectivity index (χ4v) is 2.73. The van der Waals surface area contributed by atoms with Gasteiger partial charge in [0.1, 0.15) is 0 Å². The van der Waals surface area contributed by atoms with E-state index >= 15 is 0 Å². The van der Waals surface area contributed by atoms with Gasteiger partial charge < -0.3 is 10.6 Å². The highest BCUT2D eigenvalue weighted by Gasteiger charge is 2.20. The van der Waals surface area contributed by atoms with E-state index in [1.807, 2.05) is 16.9 Å². The van der Waals surface area contributed by atoms with Crippen molar-refractivity contribution in [3.05, 3.63) is 48.3 Å². The number of nitrogens with one attached hydrogen (secondary N) is 2. The molecule has 5 heteroatoms. The number of guanidine groups is 1. The fourth-order valence-electron chi connectivity index (χ4n) is 2.73. The molecule has 24 heavy (non-hydrogen) atoms. The van der Waals surface area contributed by atoms with Crippen molar-refractivity contribution < 1.29 is 0 Å². The summed E-state index contributed by atoms with van der Waals surface area (Å²) in [5.74, 6) is 1.81. The molecule has 0 amide bonds. The Morgan fingerprint density at radius 3 is 2.96 bits per heavy atom. The van der Waals surface area contributed by atoms with Crippen molar-refractivity contribution >= 4 is 5.96 Å². The van der Waals surface area contributed by atoms with E-state index in [9.17, 15) is 0 Å². The van der Waals surface area contributed by atoms with Crippen LogP contribution in [-0.4, -0.2) is 28.8 Å². The summed E-state index contributed by atoms with van der Waals surface area (Å²) in [5.41, 5.74) is 2.29. The Labute approximate surface area is 144 Å². The van der Waals surface area contributed by atoms with Gasteiger partial charge >= 0.3 is 0 Å². The molecule has 1 aliphatic rings. The first-order chi connectivity index (χ1) is 11.8. The van der Waals surface area contributed by atoms with Crippen LogP contribution in [-0.2, 0) is 0 Å². The SMILES string of the molecule is CCNC(=NCCC1CC1)NC(C)c1cccc(-n2cccn2)c1. The lowest BCUT2D eigenvalue weighted by molar-refractivity contribution is 0.674. The lowest BCUT2D eigenvalue weighted by Crippen LogP contribution is -2.38. The average Bonchev–Trinajstić information content (AvgIpc) is 3.25. The van der Waals surface area contributed by atoms with Gasteiger partial charge in [0.25, 0.3) is 0 Å². The van der Waals surface area contributed by atoms with Crippen LogP contribution in [0.4, 0.5) is 0 Å². The summed E-state index contributed by atoms with van der Waals surface area (Å²) in [6.45, 7) is 6.03.